The van der Waals surface area contributed by atoms with E-state index in [4.69, 9.17) is 0 Å². The molecular formula is C18H30Cl2N4O2. The summed E-state index contributed by atoms with van der Waals surface area (Å²) in [5, 5.41) is 5.98. The minimum absolute atomic E-state index is 0. The molecule has 1 fully saturated rings. The first kappa shape index (κ1) is 24.7. The third kappa shape index (κ3) is 7.11. The summed E-state index contributed by atoms with van der Waals surface area (Å²) < 4.78 is 0. The van der Waals surface area contributed by atoms with Crippen molar-refractivity contribution in [3.63, 3.8) is 0 Å². The molecule has 2 N–H and O–H groups in total. The van der Waals surface area contributed by atoms with Crippen LogP contribution in [0.3, 0.4) is 0 Å². The Labute approximate surface area is 168 Å². The molecule has 1 aliphatic heterocycles. The molecule has 0 bridgehead atoms. The van der Waals surface area contributed by atoms with Gasteiger partial charge in [-0.1, -0.05) is 12.1 Å². The first-order valence-electron chi connectivity index (χ1n) is 8.52. The van der Waals surface area contributed by atoms with Crippen molar-refractivity contribution in [2.75, 3.05) is 51.6 Å². The molecule has 1 heterocycles. The van der Waals surface area contributed by atoms with E-state index in [1.54, 1.807) is 0 Å². The normalized spacial score (nSPS) is 14.2. The summed E-state index contributed by atoms with van der Waals surface area (Å²) in [6.45, 7) is 7.99. The van der Waals surface area contributed by atoms with Gasteiger partial charge in [0.05, 0.1) is 6.54 Å². The lowest BCUT2D eigenvalue weighted by molar-refractivity contribution is -0.133. The third-order valence-electron chi connectivity index (χ3n) is 4.56. The Bertz CT molecular complexity index is 591. The van der Waals surface area contributed by atoms with Gasteiger partial charge in [0, 0.05) is 44.8 Å². The maximum absolute atomic E-state index is 12.3. The van der Waals surface area contributed by atoms with Gasteiger partial charge in [-0.05, 0) is 38.1 Å². The first-order chi connectivity index (χ1) is 11.5. The molecule has 2 rings (SSSR count). The van der Waals surface area contributed by atoms with E-state index >= 15 is 0 Å². The van der Waals surface area contributed by atoms with Gasteiger partial charge in [-0.25, -0.2) is 0 Å². The van der Waals surface area contributed by atoms with E-state index in [0.717, 1.165) is 24.3 Å². The highest BCUT2D eigenvalue weighted by molar-refractivity contribution is 5.93. The Kier molecular flexibility index (Phi) is 11.5. The van der Waals surface area contributed by atoms with E-state index in [0.29, 0.717) is 32.6 Å². The van der Waals surface area contributed by atoms with Crippen LogP contribution < -0.4 is 10.6 Å². The summed E-state index contributed by atoms with van der Waals surface area (Å²) in [5.74, 6) is 0.183. The minimum Gasteiger partial charge on any atom is -0.340 e. The molecule has 2 amide bonds. The quantitative estimate of drug-likeness (QED) is 0.758. The Balaban J connectivity index is 0.00000312. The number of rotatable bonds is 6. The molecule has 1 saturated heterocycles. The number of carbonyl (C=O) groups excluding carboxylic acids is 2. The Morgan fingerprint density at radius 1 is 1.08 bits per heavy atom. The van der Waals surface area contributed by atoms with Gasteiger partial charge in [0.15, 0.2) is 0 Å². The Morgan fingerprint density at radius 3 is 2.35 bits per heavy atom. The van der Waals surface area contributed by atoms with Gasteiger partial charge in [-0.3, -0.25) is 14.5 Å². The average Bonchev–Trinajstić information content (AvgIpc) is 2.57. The van der Waals surface area contributed by atoms with Crippen LogP contribution in [0.4, 0.5) is 5.69 Å². The lowest BCUT2D eigenvalue weighted by Crippen LogP contribution is -2.50. The van der Waals surface area contributed by atoms with Gasteiger partial charge in [0.2, 0.25) is 11.8 Å². The third-order valence-corrected chi connectivity index (χ3v) is 4.56. The Hall–Kier alpha value is -1.34. The van der Waals surface area contributed by atoms with Crippen molar-refractivity contribution < 1.29 is 9.59 Å². The van der Waals surface area contributed by atoms with Crippen LogP contribution >= 0.6 is 24.8 Å². The molecule has 8 heteroatoms. The smallest absolute Gasteiger partial charge is 0.238 e. The maximum Gasteiger partial charge on any atom is 0.238 e. The lowest BCUT2D eigenvalue weighted by atomic mass is 10.1. The van der Waals surface area contributed by atoms with E-state index in [1.165, 1.54) is 5.56 Å². The van der Waals surface area contributed by atoms with Crippen LogP contribution in [0.5, 0.6) is 0 Å². The highest BCUT2D eigenvalue weighted by Crippen LogP contribution is 2.17. The predicted molar refractivity (Wildman–Crippen MR) is 111 cm³/mol. The fourth-order valence-electron chi connectivity index (χ4n) is 2.82. The van der Waals surface area contributed by atoms with Crippen molar-refractivity contribution in [3.05, 3.63) is 29.3 Å². The molecule has 0 spiro atoms. The maximum atomic E-state index is 12.3. The molecule has 0 saturated carbocycles. The van der Waals surface area contributed by atoms with Gasteiger partial charge in [0.25, 0.3) is 0 Å². The molecule has 0 aromatic heterocycles. The number of anilines is 1. The molecule has 0 aliphatic carbocycles. The highest BCUT2D eigenvalue weighted by atomic mass is 35.5. The molecule has 0 atom stereocenters. The zero-order valence-electron chi connectivity index (χ0n) is 15.7. The number of nitrogens with one attached hydrogen (secondary N) is 2. The molecular weight excluding hydrogens is 375 g/mol. The van der Waals surface area contributed by atoms with E-state index in [-0.39, 0.29) is 36.6 Å². The van der Waals surface area contributed by atoms with Crippen LogP contribution in [0.25, 0.3) is 0 Å². The van der Waals surface area contributed by atoms with Gasteiger partial charge in [-0.15, -0.1) is 24.8 Å². The average molecular weight is 405 g/mol. The molecule has 0 unspecified atom stereocenters. The van der Waals surface area contributed by atoms with Crippen LogP contribution in [0.15, 0.2) is 18.2 Å². The van der Waals surface area contributed by atoms with Crippen LogP contribution in [0.1, 0.15) is 17.5 Å². The van der Waals surface area contributed by atoms with Gasteiger partial charge in [-0.2, -0.15) is 0 Å². The molecule has 148 valence electrons. The van der Waals surface area contributed by atoms with Crippen molar-refractivity contribution in [2.45, 2.75) is 20.3 Å². The summed E-state index contributed by atoms with van der Waals surface area (Å²) in [6.07, 6.45) is 0.531. The van der Waals surface area contributed by atoms with Crippen molar-refractivity contribution in [1.82, 2.24) is 15.1 Å². The predicted octanol–water partition coefficient (Wildman–Crippen LogP) is 1.84. The van der Waals surface area contributed by atoms with E-state index in [1.807, 2.05) is 44.0 Å². The van der Waals surface area contributed by atoms with E-state index in [9.17, 15) is 9.59 Å². The summed E-state index contributed by atoms with van der Waals surface area (Å²) in [6, 6.07) is 5.92. The molecule has 6 nitrogen and oxygen atoms in total. The summed E-state index contributed by atoms with van der Waals surface area (Å²) in [4.78, 5) is 28.2. The van der Waals surface area contributed by atoms with Crippen LogP contribution in [0, 0.1) is 13.8 Å². The number of hydrogen-bond acceptors (Lipinski definition) is 4. The minimum atomic E-state index is -0.00124. The second-order valence-electron chi connectivity index (χ2n) is 6.31. The monoisotopic (exact) mass is 404 g/mol. The summed E-state index contributed by atoms with van der Waals surface area (Å²) in [5.41, 5.74) is 3.15. The molecule has 1 aromatic rings. The number of amides is 2. The van der Waals surface area contributed by atoms with Crippen molar-refractivity contribution in [1.29, 1.82) is 0 Å². The zero-order chi connectivity index (χ0) is 17.5. The second-order valence-corrected chi connectivity index (χ2v) is 6.31. The number of benzene rings is 1. The molecule has 1 aliphatic rings. The van der Waals surface area contributed by atoms with Gasteiger partial charge < -0.3 is 15.5 Å². The second kappa shape index (κ2) is 12.1. The number of nitrogens with zero attached hydrogens (tertiary/aromatic N) is 2. The Morgan fingerprint density at radius 2 is 1.73 bits per heavy atom. The van der Waals surface area contributed by atoms with Gasteiger partial charge in [0.1, 0.15) is 0 Å². The number of piperazine rings is 1. The number of halogens is 2. The van der Waals surface area contributed by atoms with Crippen LogP contribution in [-0.4, -0.2) is 67.9 Å². The van der Waals surface area contributed by atoms with E-state index in [2.05, 4.69) is 15.5 Å². The van der Waals surface area contributed by atoms with Crippen molar-refractivity contribution >= 4 is 42.3 Å². The fraction of sp³-hybridized carbons (Fsp3) is 0.556. The largest absolute Gasteiger partial charge is 0.340 e. The van der Waals surface area contributed by atoms with Gasteiger partial charge >= 0.3 is 0 Å². The zero-order valence-corrected chi connectivity index (χ0v) is 17.3. The lowest BCUT2D eigenvalue weighted by Gasteiger charge is -2.34. The summed E-state index contributed by atoms with van der Waals surface area (Å²) >= 11 is 0. The highest BCUT2D eigenvalue weighted by Gasteiger charge is 2.22. The fourth-order valence-corrected chi connectivity index (χ4v) is 2.82. The van der Waals surface area contributed by atoms with Crippen LogP contribution in [0.2, 0.25) is 0 Å². The van der Waals surface area contributed by atoms with E-state index < -0.39 is 0 Å². The molecule has 0 radical (unpaired) electrons. The SMILES string of the molecule is CNCCC(=O)N1CCN(CC(=O)Nc2cccc(C)c2C)CC1.Cl.Cl. The standard InChI is InChI=1S/C18H28N4O2.2ClH/c1-14-5-4-6-16(15(14)2)20-17(23)13-21-9-11-22(12-10-21)18(24)7-8-19-3;;/h4-6,19H,7-13H2,1-3H3,(H,20,23);2*1H. The first-order valence-corrected chi connectivity index (χ1v) is 8.52. The van der Waals surface area contributed by atoms with Crippen LogP contribution in [-0.2, 0) is 9.59 Å². The molecule has 26 heavy (non-hydrogen) atoms. The number of aryl methyl sites for hydroxylation is 1. The van der Waals surface area contributed by atoms with Crippen molar-refractivity contribution in [3.8, 4) is 0 Å². The molecule has 1 aromatic carbocycles. The topological polar surface area (TPSA) is 64.7 Å². The number of hydrogen-bond donors (Lipinski definition) is 2. The summed E-state index contributed by atoms with van der Waals surface area (Å²) in [7, 11) is 1.85. The number of carbonyl (C=O) groups is 2. The van der Waals surface area contributed by atoms with Crippen molar-refractivity contribution in [2.24, 2.45) is 0 Å².